The number of rotatable bonds is 2. The number of esters is 2. The van der Waals surface area contributed by atoms with Crippen molar-refractivity contribution in [3.63, 3.8) is 0 Å². The Bertz CT molecular complexity index is 303. The molecule has 2 aliphatic rings. The van der Waals surface area contributed by atoms with Crippen LogP contribution in [0.3, 0.4) is 0 Å². The molecule has 0 aromatic heterocycles. The van der Waals surface area contributed by atoms with Gasteiger partial charge in [-0.1, -0.05) is 38.5 Å². The average molecular weight is 310 g/mol. The zero-order valence-electron chi connectivity index (χ0n) is 13.7. The lowest BCUT2D eigenvalue weighted by molar-refractivity contribution is -0.175. The first kappa shape index (κ1) is 17.3. The van der Waals surface area contributed by atoms with E-state index in [9.17, 15) is 9.59 Å². The number of hydrogen-bond acceptors (Lipinski definition) is 4. The van der Waals surface area contributed by atoms with E-state index in [0.29, 0.717) is 0 Å². The summed E-state index contributed by atoms with van der Waals surface area (Å²) < 4.78 is 10.7. The molecule has 2 saturated carbocycles. The van der Waals surface area contributed by atoms with Crippen LogP contribution >= 0.6 is 0 Å². The monoisotopic (exact) mass is 310 g/mol. The molecule has 0 unspecified atom stereocenters. The fraction of sp³-hybridized carbons (Fsp3) is 0.889. The highest BCUT2D eigenvalue weighted by atomic mass is 16.6. The van der Waals surface area contributed by atoms with Crippen molar-refractivity contribution in [2.24, 2.45) is 0 Å². The van der Waals surface area contributed by atoms with Crippen molar-refractivity contribution < 1.29 is 19.1 Å². The molecule has 0 amide bonds. The number of carbonyl (C=O) groups is 2. The van der Waals surface area contributed by atoms with Gasteiger partial charge in [0.05, 0.1) is 0 Å². The van der Waals surface area contributed by atoms with E-state index < -0.39 is 11.9 Å². The molecule has 0 aromatic rings. The fourth-order valence-corrected chi connectivity index (χ4v) is 3.47. The van der Waals surface area contributed by atoms with Crippen molar-refractivity contribution in [2.75, 3.05) is 0 Å². The van der Waals surface area contributed by atoms with E-state index in [1.165, 1.54) is 38.5 Å². The van der Waals surface area contributed by atoms with Gasteiger partial charge >= 0.3 is 11.9 Å². The summed E-state index contributed by atoms with van der Waals surface area (Å²) in [6.45, 7) is 0. The molecule has 0 atom stereocenters. The van der Waals surface area contributed by atoms with Crippen LogP contribution in [0.25, 0.3) is 0 Å². The summed E-state index contributed by atoms with van der Waals surface area (Å²) in [6, 6.07) is 0. The zero-order chi connectivity index (χ0) is 15.6. The van der Waals surface area contributed by atoms with Gasteiger partial charge < -0.3 is 9.47 Å². The molecule has 0 bridgehead atoms. The van der Waals surface area contributed by atoms with Crippen LogP contribution in [-0.2, 0) is 19.1 Å². The molecule has 0 N–H and O–H groups in total. The molecule has 2 rings (SSSR count). The van der Waals surface area contributed by atoms with Gasteiger partial charge in [-0.3, -0.25) is 0 Å². The van der Waals surface area contributed by atoms with Crippen molar-refractivity contribution in [3.05, 3.63) is 0 Å². The maximum atomic E-state index is 11.9. The Balaban J connectivity index is 1.74. The molecule has 0 saturated heterocycles. The molecule has 0 spiro atoms. The summed E-state index contributed by atoms with van der Waals surface area (Å²) >= 11 is 0. The zero-order valence-corrected chi connectivity index (χ0v) is 13.7. The highest BCUT2D eigenvalue weighted by Gasteiger charge is 2.26. The van der Waals surface area contributed by atoms with E-state index in [1.54, 1.807) is 0 Å². The molecule has 0 heterocycles. The Morgan fingerprint density at radius 3 is 1.09 bits per heavy atom. The first-order valence-corrected chi connectivity index (χ1v) is 9.17. The predicted molar refractivity (Wildman–Crippen MR) is 84.4 cm³/mol. The van der Waals surface area contributed by atoms with Crippen LogP contribution in [0.5, 0.6) is 0 Å². The summed E-state index contributed by atoms with van der Waals surface area (Å²) in [4.78, 5) is 23.9. The second kappa shape index (κ2) is 9.86. The van der Waals surface area contributed by atoms with Crippen LogP contribution in [0.2, 0.25) is 0 Å². The van der Waals surface area contributed by atoms with Crippen LogP contribution in [0.15, 0.2) is 0 Å². The smallest absolute Gasteiger partial charge is 0.417 e. The molecule has 2 fully saturated rings. The summed E-state index contributed by atoms with van der Waals surface area (Å²) in [5.74, 6) is -1.57. The van der Waals surface area contributed by atoms with Crippen LogP contribution < -0.4 is 0 Å². The molecule has 4 heteroatoms. The van der Waals surface area contributed by atoms with Gasteiger partial charge in [-0.2, -0.15) is 0 Å². The molecule has 22 heavy (non-hydrogen) atoms. The molecular weight excluding hydrogens is 280 g/mol. The first-order chi connectivity index (χ1) is 10.8. The van der Waals surface area contributed by atoms with E-state index >= 15 is 0 Å². The number of ether oxygens (including phenoxy) is 2. The molecular formula is C18H30O4. The predicted octanol–water partition coefficient (Wildman–Crippen LogP) is 4.30. The van der Waals surface area contributed by atoms with Gasteiger partial charge in [-0.15, -0.1) is 0 Å². The minimum Gasteiger partial charge on any atom is -0.454 e. The van der Waals surface area contributed by atoms with Crippen LogP contribution in [0.4, 0.5) is 0 Å². The highest BCUT2D eigenvalue weighted by molar-refractivity contribution is 6.29. The van der Waals surface area contributed by atoms with Crippen molar-refractivity contribution in [1.29, 1.82) is 0 Å². The molecule has 0 radical (unpaired) electrons. The molecule has 0 aromatic carbocycles. The lowest BCUT2D eigenvalue weighted by atomic mass is 9.98. The maximum absolute atomic E-state index is 11.9. The molecule has 2 aliphatic carbocycles. The average Bonchev–Trinajstić information content (AvgIpc) is 2.44. The topological polar surface area (TPSA) is 52.6 Å². The maximum Gasteiger partial charge on any atom is 0.417 e. The normalized spacial score (nSPS) is 22.7. The summed E-state index contributed by atoms with van der Waals surface area (Å²) in [5.41, 5.74) is 0. The van der Waals surface area contributed by atoms with Gasteiger partial charge in [0.25, 0.3) is 0 Å². The van der Waals surface area contributed by atoms with E-state index in [0.717, 1.165) is 51.4 Å². The van der Waals surface area contributed by atoms with Crippen molar-refractivity contribution in [2.45, 2.75) is 102 Å². The molecule has 0 aliphatic heterocycles. The van der Waals surface area contributed by atoms with Crippen molar-refractivity contribution >= 4 is 11.9 Å². The lowest BCUT2D eigenvalue weighted by Crippen LogP contribution is -2.30. The summed E-state index contributed by atoms with van der Waals surface area (Å²) in [5, 5.41) is 0. The number of carbonyl (C=O) groups excluding carboxylic acids is 2. The van der Waals surface area contributed by atoms with Gasteiger partial charge in [-0.25, -0.2) is 9.59 Å². The molecule has 126 valence electrons. The van der Waals surface area contributed by atoms with E-state index in [2.05, 4.69) is 0 Å². The third kappa shape index (κ3) is 6.37. The van der Waals surface area contributed by atoms with Crippen LogP contribution in [0.1, 0.15) is 89.9 Å². The second-order valence-electron chi connectivity index (χ2n) is 6.74. The second-order valence-corrected chi connectivity index (χ2v) is 6.74. The fourth-order valence-electron chi connectivity index (χ4n) is 3.47. The lowest BCUT2D eigenvalue weighted by Gasteiger charge is -2.22. The standard InChI is InChI=1S/C18H30O4/c19-17(21-15-11-7-3-1-4-8-12-15)18(20)22-16-13-9-5-2-6-10-14-16/h15-16H,1-14H2. The quantitative estimate of drug-likeness (QED) is 0.563. The Labute approximate surface area is 133 Å². The van der Waals surface area contributed by atoms with E-state index in [4.69, 9.17) is 9.47 Å². The van der Waals surface area contributed by atoms with Crippen LogP contribution in [-0.4, -0.2) is 24.1 Å². The largest absolute Gasteiger partial charge is 0.454 e. The van der Waals surface area contributed by atoms with E-state index in [1.807, 2.05) is 0 Å². The molecule has 4 nitrogen and oxygen atoms in total. The van der Waals surface area contributed by atoms with E-state index in [-0.39, 0.29) is 12.2 Å². The van der Waals surface area contributed by atoms with Gasteiger partial charge in [-0.05, 0) is 51.4 Å². The van der Waals surface area contributed by atoms with Gasteiger partial charge in [0.15, 0.2) is 0 Å². The minimum absolute atomic E-state index is 0.0994. The summed E-state index contributed by atoms with van der Waals surface area (Å²) in [6.07, 6.45) is 14.9. The Morgan fingerprint density at radius 1 is 0.500 bits per heavy atom. The number of hydrogen-bond donors (Lipinski definition) is 0. The summed E-state index contributed by atoms with van der Waals surface area (Å²) in [7, 11) is 0. The van der Waals surface area contributed by atoms with Crippen molar-refractivity contribution in [3.8, 4) is 0 Å². The van der Waals surface area contributed by atoms with Crippen LogP contribution in [0, 0.1) is 0 Å². The Kier molecular flexibility index (Phi) is 7.75. The third-order valence-corrected chi connectivity index (χ3v) is 4.82. The van der Waals surface area contributed by atoms with Gasteiger partial charge in [0, 0.05) is 0 Å². The Morgan fingerprint density at radius 2 is 0.773 bits per heavy atom. The first-order valence-electron chi connectivity index (χ1n) is 9.17. The van der Waals surface area contributed by atoms with Gasteiger partial charge in [0.1, 0.15) is 12.2 Å². The third-order valence-electron chi connectivity index (χ3n) is 4.82. The Hall–Kier alpha value is -1.06. The van der Waals surface area contributed by atoms with Gasteiger partial charge in [0.2, 0.25) is 0 Å². The SMILES string of the molecule is O=C(OC1CCCCCCC1)C(=O)OC1CCCCCCC1. The highest BCUT2D eigenvalue weighted by Crippen LogP contribution is 2.21. The van der Waals surface area contributed by atoms with Crippen molar-refractivity contribution in [1.82, 2.24) is 0 Å². The minimum atomic E-state index is -0.785.